The Balaban J connectivity index is 4.55. The van der Waals surface area contributed by atoms with Crippen LogP contribution in [0.4, 0.5) is 0 Å². The van der Waals surface area contributed by atoms with E-state index in [-0.39, 0.29) is 11.8 Å². The lowest BCUT2D eigenvalue weighted by molar-refractivity contribution is -0.119. The fourth-order valence-corrected chi connectivity index (χ4v) is 10.0. The van der Waals surface area contributed by atoms with Crippen molar-refractivity contribution >= 4 is 28.2 Å². The molecule has 0 aromatic carbocycles. The largest absolute Gasteiger partial charge is 0.417 e. The van der Waals surface area contributed by atoms with Gasteiger partial charge in [-0.25, -0.2) is 0 Å². The molecule has 0 aromatic rings. The first-order chi connectivity index (χ1) is 11.9. The summed E-state index contributed by atoms with van der Waals surface area (Å²) in [6, 6.07) is 1.16. The van der Waals surface area contributed by atoms with Gasteiger partial charge in [-0.05, 0) is 44.8 Å². The van der Waals surface area contributed by atoms with Crippen molar-refractivity contribution in [3.05, 3.63) is 0 Å². The van der Waals surface area contributed by atoms with Crippen LogP contribution in [0.2, 0.25) is 37.8 Å². The van der Waals surface area contributed by atoms with Crippen molar-refractivity contribution < 1.29 is 14.0 Å². The van der Waals surface area contributed by atoms with E-state index in [0.717, 1.165) is 44.8 Å². The molecule has 0 aromatic heterocycles. The van der Waals surface area contributed by atoms with Gasteiger partial charge in [0.2, 0.25) is 11.8 Å². The van der Waals surface area contributed by atoms with Crippen LogP contribution in [0.3, 0.4) is 0 Å². The summed E-state index contributed by atoms with van der Waals surface area (Å²) in [5, 5.41) is 5.78. The van der Waals surface area contributed by atoms with Gasteiger partial charge in [0, 0.05) is 32.7 Å². The van der Waals surface area contributed by atoms with Gasteiger partial charge in [0.05, 0.1) is 8.07 Å². The third-order valence-corrected chi connectivity index (χ3v) is 13.4. The summed E-state index contributed by atoms with van der Waals surface area (Å²) in [4.78, 5) is 22.0. The summed E-state index contributed by atoms with van der Waals surface area (Å²) in [5.74, 6) is 0.0961. The van der Waals surface area contributed by atoms with Gasteiger partial charge in [0.15, 0.2) is 8.32 Å². The molecule has 0 aliphatic heterocycles. The predicted molar refractivity (Wildman–Crippen MR) is 116 cm³/mol. The molecule has 2 amide bonds. The van der Waals surface area contributed by atoms with Crippen LogP contribution >= 0.6 is 0 Å². The van der Waals surface area contributed by atoms with Crippen LogP contribution in [0.25, 0.3) is 0 Å². The number of hydrogen-bond donors (Lipinski definition) is 2. The molecule has 0 aliphatic carbocycles. The molecule has 2 N–H and O–H groups in total. The Morgan fingerprint density at radius 3 is 1.92 bits per heavy atom. The molecule has 0 spiro atoms. The van der Waals surface area contributed by atoms with E-state index in [1.807, 2.05) is 0 Å². The molecule has 0 aliphatic rings. The number of amides is 2. The average Bonchev–Trinajstić information content (AvgIpc) is 2.50. The van der Waals surface area contributed by atoms with Crippen LogP contribution in [0.5, 0.6) is 0 Å². The SMILES string of the molecule is CCC(CCCNC(C)=O)[Si](C)(C)OC(C)[Si](C)(C)CCCNC(C)=O. The summed E-state index contributed by atoms with van der Waals surface area (Å²) in [5.41, 5.74) is 0.939. The molecule has 0 radical (unpaired) electrons. The normalized spacial score (nSPS) is 14.6. The molecule has 0 saturated carbocycles. The number of carbonyl (C=O) groups is 2. The van der Waals surface area contributed by atoms with Crippen molar-refractivity contribution in [3.63, 3.8) is 0 Å². The highest BCUT2D eigenvalue weighted by atomic mass is 28.4. The number of nitrogens with one attached hydrogen (secondary N) is 2. The summed E-state index contributed by atoms with van der Waals surface area (Å²) < 4.78 is 6.74. The first-order valence-corrected chi connectivity index (χ1v) is 16.4. The van der Waals surface area contributed by atoms with Crippen molar-refractivity contribution in [2.24, 2.45) is 0 Å². The number of carbonyl (C=O) groups excluding carboxylic acids is 2. The van der Waals surface area contributed by atoms with Crippen LogP contribution in [0, 0.1) is 0 Å². The molecule has 0 fully saturated rings. The predicted octanol–water partition coefficient (Wildman–Crippen LogP) is 4.07. The zero-order valence-corrected chi connectivity index (χ0v) is 20.3. The monoisotopic (exact) mass is 402 g/mol. The smallest absolute Gasteiger partial charge is 0.216 e. The zero-order chi connectivity index (χ0) is 20.4. The molecule has 0 saturated heterocycles. The van der Waals surface area contributed by atoms with E-state index < -0.39 is 16.4 Å². The van der Waals surface area contributed by atoms with Crippen LogP contribution in [0.1, 0.15) is 53.4 Å². The van der Waals surface area contributed by atoms with E-state index in [4.69, 9.17) is 4.43 Å². The lowest BCUT2D eigenvalue weighted by Gasteiger charge is -2.40. The standard InChI is InChI=1S/C19H42N2O3Si2/c1-9-19(12-10-13-20-16(2)22)26(7,8)24-18(4)25(5,6)15-11-14-21-17(3)23/h18-19H,9-15H2,1-8H3,(H,20,22)(H,21,23). The third kappa shape index (κ3) is 10.5. The van der Waals surface area contributed by atoms with E-state index in [0.29, 0.717) is 11.3 Å². The molecule has 0 rings (SSSR count). The third-order valence-electron chi connectivity index (χ3n) is 5.53. The highest BCUT2D eigenvalue weighted by Gasteiger charge is 2.38. The topological polar surface area (TPSA) is 67.4 Å². The van der Waals surface area contributed by atoms with Crippen LogP contribution in [-0.2, 0) is 14.0 Å². The maximum atomic E-state index is 11.0. The molecule has 0 bridgehead atoms. The Labute approximate surface area is 163 Å². The van der Waals surface area contributed by atoms with Gasteiger partial charge < -0.3 is 15.1 Å². The Kier molecular flexibility index (Phi) is 11.6. The van der Waals surface area contributed by atoms with Gasteiger partial charge in [-0.15, -0.1) is 0 Å². The van der Waals surface area contributed by atoms with Crippen molar-refractivity contribution in [2.75, 3.05) is 13.1 Å². The summed E-state index contributed by atoms with van der Waals surface area (Å²) >= 11 is 0. The quantitative estimate of drug-likeness (QED) is 0.360. The van der Waals surface area contributed by atoms with E-state index in [1.54, 1.807) is 13.8 Å². The van der Waals surface area contributed by atoms with Gasteiger partial charge in [-0.2, -0.15) is 0 Å². The van der Waals surface area contributed by atoms with E-state index in [1.165, 1.54) is 0 Å². The second-order valence-corrected chi connectivity index (χ2v) is 18.2. The fourth-order valence-electron chi connectivity index (χ4n) is 3.38. The first kappa shape index (κ1) is 25.3. The first-order valence-electron chi connectivity index (χ1n) is 10.1. The van der Waals surface area contributed by atoms with Crippen molar-refractivity contribution in [3.8, 4) is 0 Å². The van der Waals surface area contributed by atoms with Crippen LogP contribution in [-0.4, -0.2) is 47.0 Å². The molecule has 7 heteroatoms. The minimum atomic E-state index is -1.80. The Morgan fingerprint density at radius 2 is 1.46 bits per heavy atom. The lowest BCUT2D eigenvalue weighted by atomic mass is 10.2. The Morgan fingerprint density at radius 1 is 0.962 bits per heavy atom. The summed E-state index contributed by atoms with van der Waals surface area (Å²) in [6.45, 7) is 18.6. The minimum absolute atomic E-state index is 0.0476. The summed E-state index contributed by atoms with van der Waals surface area (Å²) in [6.07, 6.45) is 4.30. The van der Waals surface area contributed by atoms with Crippen molar-refractivity contribution in [1.82, 2.24) is 10.6 Å². The molecular weight excluding hydrogens is 360 g/mol. The highest BCUT2D eigenvalue weighted by Crippen LogP contribution is 2.34. The molecule has 5 nitrogen and oxygen atoms in total. The average molecular weight is 403 g/mol. The maximum absolute atomic E-state index is 11.0. The Hall–Kier alpha value is -0.666. The maximum Gasteiger partial charge on any atom is 0.216 e. The van der Waals surface area contributed by atoms with Crippen LogP contribution in [0.15, 0.2) is 0 Å². The second kappa shape index (κ2) is 11.9. The number of rotatable bonds is 13. The lowest BCUT2D eigenvalue weighted by Crippen LogP contribution is -2.49. The fraction of sp³-hybridized carbons (Fsp3) is 0.895. The Bertz CT molecular complexity index is 443. The zero-order valence-electron chi connectivity index (χ0n) is 18.3. The second-order valence-electron chi connectivity index (χ2n) is 8.67. The molecular formula is C19H42N2O3Si2. The van der Waals surface area contributed by atoms with Crippen LogP contribution < -0.4 is 10.6 Å². The molecule has 2 unspecified atom stereocenters. The van der Waals surface area contributed by atoms with E-state index in [9.17, 15) is 9.59 Å². The molecule has 26 heavy (non-hydrogen) atoms. The van der Waals surface area contributed by atoms with E-state index >= 15 is 0 Å². The van der Waals surface area contributed by atoms with Gasteiger partial charge in [-0.1, -0.05) is 32.5 Å². The molecule has 0 heterocycles. The highest BCUT2D eigenvalue weighted by molar-refractivity contribution is 6.80. The van der Waals surface area contributed by atoms with Crippen molar-refractivity contribution in [1.29, 1.82) is 0 Å². The van der Waals surface area contributed by atoms with Crippen molar-refractivity contribution in [2.45, 2.75) is 96.9 Å². The van der Waals surface area contributed by atoms with Gasteiger partial charge >= 0.3 is 0 Å². The van der Waals surface area contributed by atoms with Gasteiger partial charge in [0.25, 0.3) is 0 Å². The number of hydrogen-bond acceptors (Lipinski definition) is 3. The molecule has 154 valence electrons. The van der Waals surface area contributed by atoms with Gasteiger partial charge in [-0.3, -0.25) is 9.59 Å². The van der Waals surface area contributed by atoms with Gasteiger partial charge in [0.1, 0.15) is 0 Å². The summed E-state index contributed by atoms with van der Waals surface area (Å²) in [7, 11) is -3.29. The molecule has 2 atom stereocenters. The van der Waals surface area contributed by atoms with E-state index in [2.05, 4.69) is 50.7 Å². The minimum Gasteiger partial charge on any atom is -0.417 e.